The van der Waals surface area contributed by atoms with Gasteiger partial charge in [-0.25, -0.2) is 0 Å². The molecule has 1 aromatic rings. The first-order valence-electron chi connectivity index (χ1n) is 6.26. The van der Waals surface area contributed by atoms with Gasteiger partial charge < -0.3 is 15.5 Å². The number of hydrogen-bond donors (Lipinski definition) is 2. The van der Waals surface area contributed by atoms with Gasteiger partial charge >= 0.3 is 0 Å². The minimum Gasteiger partial charge on any atom is -0.350 e. The van der Waals surface area contributed by atoms with Crippen molar-refractivity contribution in [3.05, 3.63) is 28.7 Å². The zero-order valence-corrected chi connectivity index (χ0v) is 14.6. The van der Waals surface area contributed by atoms with Crippen LogP contribution in [0.5, 0.6) is 0 Å². The third-order valence-corrected chi connectivity index (χ3v) is 3.22. The molecule has 1 rings (SSSR count). The van der Waals surface area contributed by atoms with Gasteiger partial charge in [-0.2, -0.15) is 0 Å². The van der Waals surface area contributed by atoms with Crippen LogP contribution < -0.4 is 10.6 Å². The van der Waals surface area contributed by atoms with E-state index < -0.39 is 0 Å². The number of nitrogens with one attached hydrogen (secondary N) is 2. The molecule has 0 saturated heterocycles. The van der Waals surface area contributed by atoms with E-state index in [0.29, 0.717) is 5.11 Å². The first-order valence-corrected chi connectivity index (χ1v) is 7.46. The number of nitrogens with zero attached hydrogens (tertiary/aromatic N) is 1. The first-order chi connectivity index (χ1) is 9.17. The Labute approximate surface area is 134 Å². The SMILES string of the molecule is CN(CC(=O)NC(C)(C)C)C(=S)Nc1cccc(Br)c1. The minimum atomic E-state index is -0.239. The van der Waals surface area contributed by atoms with Crippen molar-refractivity contribution < 1.29 is 4.79 Å². The van der Waals surface area contributed by atoms with Crippen LogP contribution in [-0.2, 0) is 4.79 Å². The number of halogens is 1. The second-order valence-corrected chi connectivity index (χ2v) is 6.90. The summed E-state index contributed by atoms with van der Waals surface area (Å²) in [5.41, 5.74) is 0.643. The molecule has 0 aliphatic heterocycles. The fraction of sp³-hybridized carbons (Fsp3) is 0.429. The molecule has 4 nitrogen and oxygen atoms in total. The van der Waals surface area contributed by atoms with Crippen molar-refractivity contribution in [2.45, 2.75) is 26.3 Å². The standard InChI is InChI=1S/C14H20BrN3OS/c1-14(2,3)17-12(19)9-18(4)13(20)16-11-7-5-6-10(15)8-11/h5-8H,9H2,1-4H3,(H,16,20)(H,17,19). The van der Waals surface area contributed by atoms with Crippen LogP contribution in [0.2, 0.25) is 0 Å². The molecule has 0 aliphatic rings. The molecule has 110 valence electrons. The third-order valence-electron chi connectivity index (χ3n) is 2.32. The van der Waals surface area contributed by atoms with Gasteiger partial charge in [0, 0.05) is 22.7 Å². The minimum absolute atomic E-state index is 0.0570. The summed E-state index contributed by atoms with van der Waals surface area (Å²) >= 11 is 8.68. The van der Waals surface area contributed by atoms with Crippen LogP contribution in [0.15, 0.2) is 28.7 Å². The fourth-order valence-corrected chi connectivity index (χ4v) is 2.11. The largest absolute Gasteiger partial charge is 0.350 e. The van der Waals surface area contributed by atoms with Crippen molar-refractivity contribution in [2.75, 3.05) is 18.9 Å². The monoisotopic (exact) mass is 357 g/mol. The van der Waals surface area contributed by atoms with Crippen LogP contribution in [-0.4, -0.2) is 35.1 Å². The molecule has 0 saturated carbocycles. The van der Waals surface area contributed by atoms with Gasteiger partial charge in [-0.3, -0.25) is 4.79 Å². The Morgan fingerprint density at radius 1 is 1.40 bits per heavy atom. The second kappa shape index (κ2) is 7.04. The number of rotatable bonds is 3. The smallest absolute Gasteiger partial charge is 0.239 e. The molecule has 1 aromatic carbocycles. The summed E-state index contributed by atoms with van der Waals surface area (Å²) in [5, 5.41) is 6.51. The fourth-order valence-electron chi connectivity index (χ4n) is 1.53. The Kier molecular flexibility index (Phi) is 5.95. The van der Waals surface area contributed by atoms with Gasteiger partial charge in [0.2, 0.25) is 5.91 Å². The van der Waals surface area contributed by atoms with Crippen LogP contribution in [0.4, 0.5) is 5.69 Å². The van der Waals surface area contributed by atoms with Gasteiger partial charge in [-0.1, -0.05) is 22.0 Å². The van der Waals surface area contributed by atoms with E-state index >= 15 is 0 Å². The van der Waals surface area contributed by atoms with Gasteiger partial charge in [0.05, 0.1) is 6.54 Å². The van der Waals surface area contributed by atoms with Crippen LogP contribution in [0.1, 0.15) is 20.8 Å². The van der Waals surface area contributed by atoms with E-state index in [9.17, 15) is 4.79 Å². The van der Waals surface area contributed by atoms with Crippen LogP contribution in [0.25, 0.3) is 0 Å². The maximum Gasteiger partial charge on any atom is 0.239 e. The molecule has 0 radical (unpaired) electrons. The molecule has 0 unspecified atom stereocenters. The molecular formula is C14H20BrN3OS. The van der Waals surface area contributed by atoms with Crippen molar-refractivity contribution in [3.63, 3.8) is 0 Å². The van der Waals surface area contributed by atoms with E-state index in [1.54, 1.807) is 11.9 Å². The highest BCUT2D eigenvalue weighted by Crippen LogP contribution is 2.15. The number of amides is 1. The molecular weight excluding hydrogens is 338 g/mol. The summed E-state index contributed by atoms with van der Waals surface area (Å²) in [6.45, 7) is 6.06. The summed E-state index contributed by atoms with van der Waals surface area (Å²) in [4.78, 5) is 13.5. The predicted molar refractivity (Wildman–Crippen MR) is 90.9 cm³/mol. The molecule has 20 heavy (non-hydrogen) atoms. The van der Waals surface area contributed by atoms with E-state index in [4.69, 9.17) is 12.2 Å². The molecule has 0 bridgehead atoms. The summed E-state index contributed by atoms with van der Waals surface area (Å²) in [6, 6.07) is 7.70. The zero-order chi connectivity index (χ0) is 15.3. The molecule has 0 atom stereocenters. The molecule has 0 aromatic heterocycles. The van der Waals surface area contributed by atoms with Gasteiger partial charge in [-0.15, -0.1) is 0 Å². The number of carbonyl (C=O) groups excluding carboxylic acids is 1. The highest BCUT2D eigenvalue weighted by molar-refractivity contribution is 9.10. The molecule has 0 heterocycles. The van der Waals surface area contributed by atoms with Crippen molar-refractivity contribution in [1.29, 1.82) is 0 Å². The average Bonchev–Trinajstić information content (AvgIpc) is 2.25. The number of carbonyl (C=O) groups is 1. The quantitative estimate of drug-likeness (QED) is 0.816. The molecule has 1 amide bonds. The van der Waals surface area contributed by atoms with Gasteiger partial charge in [0.1, 0.15) is 0 Å². The lowest BCUT2D eigenvalue weighted by molar-refractivity contribution is -0.122. The highest BCUT2D eigenvalue weighted by Gasteiger charge is 2.16. The molecule has 0 aliphatic carbocycles. The zero-order valence-electron chi connectivity index (χ0n) is 12.2. The van der Waals surface area contributed by atoms with Crippen molar-refractivity contribution in [1.82, 2.24) is 10.2 Å². The Morgan fingerprint density at radius 2 is 2.05 bits per heavy atom. The van der Waals surface area contributed by atoms with Crippen molar-refractivity contribution in [2.24, 2.45) is 0 Å². The predicted octanol–water partition coefficient (Wildman–Crippen LogP) is 2.99. The highest BCUT2D eigenvalue weighted by atomic mass is 79.9. The van der Waals surface area contributed by atoms with E-state index in [-0.39, 0.29) is 18.0 Å². The number of anilines is 1. The maximum atomic E-state index is 11.8. The summed E-state index contributed by atoms with van der Waals surface area (Å²) in [7, 11) is 1.79. The Hall–Kier alpha value is -1.14. The van der Waals surface area contributed by atoms with E-state index in [2.05, 4.69) is 26.6 Å². The van der Waals surface area contributed by atoms with Crippen molar-refractivity contribution in [3.8, 4) is 0 Å². The topological polar surface area (TPSA) is 44.4 Å². The lowest BCUT2D eigenvalue weighted by Crippen LogP contribution is -2.47. The van der Waals surface area contributed by atoms with Gasteiger partial charge in [0.15, 0.2) is 5.11 Å². The van der Waals surface area contributed by atoms with E-state index in [1.807, 2.05) is 45.0 Å². The lowest BCUT2D eigenvalue weighted by atomic mass is 10.1. The Balaban J connectivity index is 2.53. The van der Waals surface area contributed by atoms with Crippen LogP contribution in [0, 0.1) is 0 Å². The number of thiocarbonyl (C=S) groups is 1. The molecule has 2 N–H and O–H groups in total. The second-order valence-electron chi connectivity index (χ2n) is 5.59. The van der Waals surface area contributed by atoms with E-state index in [1.165, 1.54) is 0 Å². The van der Waals surface area contributed by atoms with Crippen LogP contribution >= 0.6 is 28.1 Å². The number of hydrogen-bond acceptors (Lipinski definition) is 2. The summed E-state index contributed by atoms with van der Waals surface area (Å²) in [6.07, 6.45) is 0. The number of likely N-dealkylation sites (N-methyl/N-ethyl adjacent to an activating group) is 1. The van der Waals surface area contributed by atoms with Gasteiger partial charge in [-0.05, 0) is 51.2 Å². The maximum absolute atomic E-state index is 11.8. The van der Waals surface area contributed by atoms with Gasteiger partial charge in [0.25, 0.3) is 0 Å². The summed E-state index contributed by atoms with van der Waals surface area (Å²) < 4.78 is 0.971. The first kappa shape index (κ1) is 16.9. The van der Waals surface area contributed by atoms with E-state index in [0.717, 1.165) is 10.2 Å². The lowest BCUT2D eigenvalue weighted by Gasteiger charge is -2.25. The molecule has 6 heteroatoms. The third kappa shape index (κ3) is 6.34. The normalized spacial score (nSPS) is 10.8. The van der Waals surface area contributed by atoms with Crippen LogP contribution in [0.3, 0.4) is 0 Å². The molecule has 0 spiro atoms. The van der Waals surface area contributed by atoms with Crippen molar-refractivity contribution >= 4 is 44.9 Å². The Morgan fingerprint density at radius 3 is 2.60 bits per heavy atom. The Bertz CT molecular complexity index is 499. The molecule has 0 fully saturated rings. The average molecular weight is 358 g/mol. The number of benzene rings is 1. The summed E-state index contributed by atoms with van der Waals surface area (Å²) in [5.74, 6) is -0.0570.